The van der Waals surface area contributed by atoms with Crippen LogP contribution in [0.5, 0.6) is 0 Å². The minimum atomic E-state index is -1.10. The Balaban J connectivity index is 1.99. The number of hydrogen-bond acceptors (Lipinski definition) is 3. The van der Waals surface area contributed by atoms with E-state index in [9.17, 15) is 14.4 Å². The van der Waals surface area contributed by atoms with Crippen LogP contribution in [0.2, 0.25) is 0 Å². The van der Waals surface area contributed by atoms with Gasteiger partial charge in [0.25, 0.3) is 0 Å². The molecule has 2 amide bonds. The Kier molecular flexibility index (Phi) is 3.36. The van der Waals surface area contributed by atoms with E-state index in [1.807, 2.05) is 6.92 Å². The van der Waals surface area contributed by atoms with Crippen molar-refractivity contribution in [2.24, 2.45) is 17.8 Å². The Morgan fingerprint density at radius 1 is 1.24 bits per heavy atom. The van der Waals surface area contributed by atoms with Crippen molar-refractivity contribution in [3.05, 3.63) is 28.2 Å². The van der Waals surface area contributed by atoms with E-state index in [0.717, 1.165) is 17.7 Å². The third kappa shape index (κ3) is 2.18. The zero-order valence-corrected chi connectivity index (χ0v) is 13.0. The number of carboxylic acid groups (broad SMARTS) is 1. The van der Waals surface area contributed by atoms with Gasteiger partial charge in [-0.05, 0) is 52.9 Å². The lowest BCUT2D eigenvalue weighted by atomic mass is 10.00. The van der Waals surface area contributed by atoms with Crippen LogP contribution in [0.15, 0.2) is 22.7 Å². The number of halogens is 1. The number of fused-ring (bicyclic) bond motifs is 1. The highest BCUT2D eigenvalue weighted by atomic mass is 79.9. The number of imide groups is 1. The zero-order valence-electron chi connectivity index (χ0n) is 11.4. The minimum absolute atomic E-state index is 0.0403. The summed E-state index contributed by atoms with van der Waals surface area (Å²) in [6.45, 7) is 2.05. The smallest absolute Gasteiger partial charge is 0.336 e. The van der Waals surface area contributed by atoms with Crippen molar-refractivity contribution in [2.75, 3.05) is 4.90 Å². The molecular formula is C15H14BrNO4. The molecule has 0 radical (unpaired) electrons. The first-order valence-electron chi connectivity index (χ1n) is 6.80. The summed E-state index contributed by atoms with van der Waals surface area (Å²) in [5, 5.41) is 9.14. The Labute approximate surface area is 130 Å². The first kappa shape index (κ1) is 14.3. The van der Waals surface area contributed by atoms with Crippen LogP contribution in [-0.2, 0) is 9.59 Å². The molecule has 0 aromatic heterocycles. The van der Waals surface area contributed by atoms with E-state index in [1.54, 1.807) is 12.1 Å². The molecule has 1 aliphatic carbocycles. The maximum atomic E-state index is 12.5. The molecule has 1 aromatic rings. The lowest BCUT2D eigenvalue weighted by Gasteiger charge is -2.17. The second-order valence-electron chi connectivity index (χ2n) is 5.77. The van der Waals surface area contributed by atoms with E-state index in [-0.39, 0.29) is 29.2 Å². The van der Waals surface area contributed by atoms with Crippen LogP contribution in [0.4, 0.5) is 5.69 Å². The maximum Gasteiger partial charge on any atom is 0.336 e. The number of carbonyl (C=O) groups excluding carboxylic acids is 2. The quantitative estimate of drug-likeness (QED) is 0.831. The molecular weight excluding hydrogens is 338 g/mol. The summed E-state index contributed by atoms with van der Waals surface area (Å²) in [6.07, 6.45) is 1.46. The minimum Gasteiger partial charge on any atom is -0.478 e. The fourth-order valence-corrected chi connectivity index (χ4v) is 3.76. The zero-order chi connectivity index (χ0) is 15.3. The van der Waals surface area contributed by atoms with E-state index in [1.165, 1.54) is 6.07 Å². The predicted octanol–water partition coefficient (Wildman–Crippen LogP) is 2.68. The largest absolute Gasteiger partial charge is 0.478 e. The lowest BCUT2D eigenvalue weighted by molar-refractivity contribution is -0.123. The molecule has 2 atom stereocenters. The second-order valence-corrected chi connectivity index (χ2v) is 6.63. The summed E-state index contributed by atoms with van der Waals surface area (Å²) in [6, 6.07) is 4.51. The molecule has 2 unspecified atom stereocenters. The molecule has 1 saturated heterocycles. The third-order valence-corrected chi connectivity index (χ3v) is 5.00. The SMILES string of the molecule is CC1CC2C(=O)N(c3ccc(Br)c(C(=O)O)c3)C(=O)C2C1. The molecule has 1 aliphatic heterocycles. The standard InChI is InChI=1S/C15H14BrNO4/c1-7-4-9-10(5-7)14(19)17(13(9)18)8-2-3-12(16)11(6-8)15(20)21/h2-3,6-7,9-10H,4-5H2,1H3,(H,20,21). The molecule has 1 heterocycles. The highest BCUT2D eigenvalue weighted by Crippen LogP contribution is 2.44. The summed E-state index contributed by atoms with van der Waals surface area (Å²) in [4.78, 5) is 37.2. The van der Waals surface area contributed by atoms with Crippen molar-refractivity contribution < 1.29 is 19.5 Å². The summed E-state index contributed by atoms with van der Waals surface area (Å²) in [5.41, 5.74) is 0.381. The van der Waals surface area contributed by atoms with Gasteiger partial charge in [0.05, 0.1) is 23.1 Å². The summed E-state index contributed by atoms with van der Waals surface area (Å²) < 4.78 is 0.423. The van der Waals surface area contributed by atoms with Crippen molar-refractivity contribution in [3.8, 4) is 0 Å². The number of carbonyl (C=O) groups is 3. The average molecular weight is 352 g/mol. The molecule has 5 nitrogen and oxygen atoms in total. The molecule has 1 aromatic carbocycles. The number of hydrogen-bond donors (Lipinski definition) is 1. The van der Waals surface area contributed by atoms with E-state index >= 15 is 0 Å². The number of carboxylic acids is 1. The van der Waals surface area contributed by atoms with Crippen molar-refractivity contribution in [2.45, 2.75) is 19.8 Å². The van der Waals surface area contributed by atoms with Crippen LogP contribution in [0.25, 0.3) is 0 Å². The van der Waals surface area contributed by atoms with E-state index in [0.29, 0.717) is 16.1 Å². The normalized spacial score (nSPS) is 28.1. The van der Waals surface area contributed by atoms with Gasteiger partial charge in [0.2, 0.25) is 11.8 Å². The van der Waals surface area contributed by atoms with Crippen molar-refractivity contribution in [3.63, 3.8) is 0 Å². The summed E-state index contributed by atoms with van der Waals surface area (Å²) >= 11 is 3.16. The molecule has 2 aliphatic rings. The topological polar surface area (TPSA) is 74.7 Å². The molecule has 1 saturated carbocycles. The van der Waals surface area contributed by atoms with Gasteiger partial charge in [-0.3, -0.25) is 14.5 Å². The number of nitrogens with zero attached hydrogens (tertiary/aromatic N) is 1. The van der Waals surface area contributed by atoms with Gasteiger partial charge in [-0.2, -0.15) is 0 Å². The van der Waals surface area contributed by atoms with Gasteiger partial charge >= 0.3 is 5.97 Å². The highest BCUT2D eigenvalue weighted by molar-refractivity contribution is 9.10. The van der Waals surface area contributed by atoms with Crippen LogP contribution in [0.3, 0.4) is 0 Å². The lowest BCUT2D eigenvalue weighted by Crippen LogP contribution is -2.32. The first-order valence-corrected chi connectivity index (χ1v) is 7.60. The molecule has 21 heavy (non-hydrogen) atoms. The monoisotopic (exact) mass is 351 g/mol. The van der Waals surface area contributed by atoms with E-state index < -0.39 is 5.97 Å². The number of amides is 2. The second kappa shape index (κ2) is 4.94. The van der Waals surface area contributed by atoms with Gasteiger partial charge in [0, 0.05) is 4.47 Å². The molecule has 1 N–H and O–H groups in total. The van der Waals surface area contributed by atoms with Crippen molar-refractivity contribution >= 4 is 39.4 Å². The summed E-state index contributed by atoms with van der Waals surface area (Å²) in [5.74, 6) is -1.61. The number of anilines is 1. The summed E-state index contributed by atoms with van der Waals surface area (Å²) in [7, 11) is 0. The van der Waals surface area contributed by atoms with Gasteiger partial charge in [-0.1, -0.05) is 6.92 Å². The molecule has 110 valence electrons. The molecule has 3 rings (SSSR count). The Morgan fingerprint density at radius 3 is 2.33 bits per heavy atom. The number of aromatic carboxylic acids is 1. The van der Waals surface area contributed by atoms with Crippen LogP contribution in [0.1, 0.15) is 30.1 Å². The number of benzene rings is 1. The Bertz CT molecular complexity index is 633. The third-order valence-electron chi connectivity index (χ3n) is 4.31. The van der Waals surface area contributed by atoms with E-state index in [2.05, 4.69) is 15.9 Å². The number of rotatable bonds is 2. The molecule has 0 bridgehead atoms. The van der Waals surface area contributed by atoms with Crippen LogP contribution >= 0.6 is 15.9 Å². The van der Waals surface area contributed by atoms with Crippen LogP contribution in [0, 0.1) is 17.8 Å². The molecule has 6 heteroatoms. The maximum absolute atomic E-state index is 12.5. The van der Waals surface area contributed by atoms with Crippen LogP contribution < -0.4 is 4.90 Å². The van der Waals surface area contributed by atoms with Crippen molar-refractivity contribution in [1.82, 2.24) is 0 Å². The van der Waals surface area contributed by atoms with E-state index in [4.69, 9.17) is 5.11 Å². The molecule has 0 spiro atoms. The van der Waals surface area contributed by atoms with Gasteiger partial charge in [0.1, 0.15) is 0 Å². The fraction of sp³-hybridized carbons (Fsp3) is 0.400. The van der Waals surface area contributed by atoms with Gasteiger partial charge in [-0.15, -0.1) is 0 Å². The average Bonchev–Trinajstić information content (AvgIpc) is 2.90. The van der Waals surface area contributed by atoms with Gasteiger partial charge < -0.3 is 5.11 Å². The van der Waals surface area contributed by atoms with Crippen molar-refractivity contribution in [1.29, 1.82) is 0 Å². The first-order chi connectivity index (χ1) is 9.90. The molecule has 2 fully saturated rings. The van der Waals surface area contributed by atoms with Gasteiger partial charge in [0.15, 0.2) is 0 Å². The Hall–Kier alpha value is -1.69. The van der Waals surface area contributed by atoms with Crippen LogP contribution in [-0.4, -0.2) is 22.9 Å². The fourth-order valence-electron chi connectivity index (χ4n) is 3.35. The van der Waals surface area contributed by atoms with Gasteiger partial charge in [-0.25, -0.2) is 4.79 Å². The highest BCUT2D eigenvalue weighted by Gasteiger charge is 2.52. The predicted molar refractivity (Wildman–Crippen MR) is 79.0 cm³/mol. The Morgan fingerprint density at radius 2 is 1.81 bits per heavy atom.